The highest BCUT2D eigenvalue weighted by Crippen LogP contribution is 2.48. The number of hydrogen-bond acceptors (Lipinski definition) is 10. The SMILES string of the molecule is Cc1cccc(C)c1-c1cc2nc(n1)NS(O)(O)c1cccc(c1)C(=O)N(C(CCCCCCC(C)C)Cc1ncc(OC(C)C)cn1)C(C)CCO2. The van der Waals surface area contributed by atoms with Gasteiger partial charge in [0.25, 0.3) is 5.91 Å². The number of nitrogens with one attached hydrogen (secondary N) is 1. The fraction of sp³-hybridized carbons (Fsp3) is 0.488. The molecular formula is C41H56N6O5S. The number of nitrogens with zero attached hydrogens (tertiary/aromatic N) is 5. The summed E-state index contributed by atoms with van der Waals surface area (Å²) in [5.41, 5.74) is 3.92. The number of benzene rings is 2. The van der Waals surface area contributed by atoms with Crippen molar-refractivity contribution >= 4 is 22.6 Å². The fourth-order valence-electron chi connectivity index (χ4n) is 6.85. The molecule has 0 saturated heterocycles. The van der Waals surface area contributed by atoms with E-state index in [9.17, 15) is 13.9 Å². The van der Waals surface area contributed by atoms with Crippen LogP contribution in [0.4, 0.5) is 5.95 Å². The first kappa shape index (κ1) is 39.9. The molecule has 1 aliphatic heterocycles. The summed E-state index contributed by atoms with van der Waals surface area (Å²) in [5, 5.41) is 0. The Bertz CT molecular complexity index is 1800. The van der Waals surface area contributed by atoms with Crippen molar-refractivity contribution in [3.63, 3.8) is 0 Å². The third kappa shape index (κ3) is 10.9. The van der Waals surface area contributed by atoms with Crippen molar-refractivity contribution in [2.45, 2.75) is 123 Å². The highest BCUT2D eigenvalue weighted by atomic mass is 32.3. The molecule has 11 nitrogen and oxygen atoms in total. The van der Waals surface area contributed by atoms with Crippen LogP contribution in [0, 0.1) is 19.8 Å². The number of aromatic nitrogens is 4. The lowest BCUT2D eigenvalue weighted by Crippen LogP contribution is -2.48. The number of fused-ring (bicyclic) bond motifs is 4. The maximum absolute atomic E-state index is 14.7. The molecular weight excluding hydrogens is 689 g/mol. The largest absolute Gasteiger partial charge is 0.488 e. The van der Waals surface area contributed by atoms with Crippen LogP contribution >= 0.6 is 10.8 Å². The van der Waals surface area contributed by atoms with Crippen LogP contribution in [0.5, 0.6) is 11.6 Å². The molecule has 0 fully saturated rings. The third-order valence-electron chi connectivity index (χ3n) is 9.51. The van der Waals surface area contributed by atoms with Gasteiger partial charge in [0.2, 0.25) is 11.8 Å². The van der Waals surface area contributed by atoms with Gasteiger partial charge < -0.3 is 14.4 Å². The summed E-state index contributed by atoms with van der Waals surface area (Å²) in [4.78, 5) is 35.3. The summed E-state index contributed by atoms with van der Waals surface area (Å²) in [6, 6.07) is 13.9. The average Bonchev–Trinajstić information content (AvgIpc) is 3.09. The summed E-state index contributed by atoms with van der Waals surface area (Å²) in [6.45, 7) is 14.8. The number of rotatable bonds is 13. The Labute approximate surface area is 316 Å². The van der Waals surface area contributed by atoms with Crippen molar-refractivity contribution in [3.05, 3.63) is 83.4 Å². The van der Waals surface area contributed by atoms with Crippen molar-refractivity contribution in [2.24, 2.45) is 5.92 Å². The van der Waals surface area contributed by atoms with Gasteiger partial charge in [-0.1, -0.05) is 81.0 Å². The molecule has 286 valence electrons. The average molecular weight is 745 g/mol. The summed E-state index contributed by atoms with van der Waals surface area (Å²) >= 11 is 0. The second-order valence-electron chi connectivity index (χ2n) is 14.8. The van der Waals surface area contributed by atoms with Gasteiger partial charge in [-0.3, -0.25) is 13.9 Å². The number of hydrogen-bond donors (Lipinski definition) is 3. The van der Waals surface area contributed by atoms with Crippen LogP contribution in [0.15, 0.2) is 65.8 Å². The summed E-state index contributed by atoms with van der Waals surface area (Å²) in [6.07, 6.45) is 10.7. The summed E-state index contributed by atoms with van der Waals surface area (Å²) in [5.74, 6) is 2.01. The maximum Gasteiger partial charge on any atom is 0.254 e. The number of amides is 1. The predicted octanol–water partition coefficient (Wildman–Crippen LogP) is 9.70. The molecule has 1 aliphatic rings. The molecule has 4 bridgehead atoms. The van der Waals surface area contributed by atoms with Crippen LogP contribution < -0.4 is 14.2 Å². The lowest BCUT2D eigenvalue weighted by atomic mass is 9.97. The standard InChI is InChI=1S/C41H56N6O5S/c1-27(2)14-10-8-9-11-18-33(23-37-42-25-34(26-43-37)52-28(3)4)47-31(7)20-21-51-38-24-36(39-29(5)15-12-16-30(39)6)44-41(45-38)46-53(49,50)35-19-13-17-32(22-35)40(47)48/h12-13,15-17,19,22,24-28,31,33,49-50H,8-11,14,18,20-21,23H2,1-7H3,(H,44,45,46). The molecule has 2 aromatic carbocycles. The van der Waals surface area contributed by atoms with Crippen LogP contribution in [0.1, 0.15) is 107 Å². The van der Waals surface area contributed by atoms with Crippen LogP contribution in [0.25, 0.3) is 11.3 Å². The Morgan fingerprint density at radius 3 is 2.30 bits per heavy atom. The quantitative estimate of drug-likeness (QED) is 0.113. The molecule has 3 heterocycles. The number of carbonyl (C=O) groups is 1. The highest BCUT2D eigenvalue weighted by molar-refractivity contribution is 8.25. The Kier molecular flexibility index (Phi) is 13.7. The molecule has 0 radical (unpaired) electrons. The van der Waals surface area contributed by atoms with Crippen molar-refractivity contribution in [2.75, 3.05) is 11.3 Å². The first-order valence-electron chi connectivity index (χ1n) is 18.9. The van der Waals surface area contributed by atoms with E-state index in [2.05, 4.69) is 38.5 Å². The van der Waals surface area contributed by atoms with Gasteiger partial charge in [-0.25, -0.2) is 19.7 Å². The van der Waals surface area contributed by atoms with Gasteiger partial charge in [-0.15, -0.1) is 0 Å². The van der Waals surface area contributed by atoms with Crippen molar-refractivity contribution in [1.29, 1.82) is 0 Å². The van der Waals surface area contributed by atoms with E-state index in [1.807, 2.05) is 57.7 Å². The van der Waals surface area contributed by atoms with Gasteiger partial charge >= 0.3 is 0 Å². The minimum absolute atomic E-state index is 0.000824. The minimum atomic E-state index is -3.69. The lowest BCUT2D eigenvalue weighted by Gasteiger charge is -2.38. The summed E-state index contributed by atoms with van der Waals surface area (Å²) in [7, 11) is -3.69. The second-order valence-corrected chi connectivity index (χ2v) is 16.6. The Hall–Kier alpha value is -4.26. The van der Waals surface area contributed by atoms with Crippen LogP contribution in [0.2, 0.25) is 0 Å². The van der Waals surface area contributed by atoms with E-state index in [1.165, 1.54) is 12.8 Å². The smallest absolute Gasteiger partial charge is 0.254 e. The van der Waals surface area contributed by atoms with Gasteiger partial charge in [-0.2, -0.15) is 4.98 Å². The molecule has 1 amide bonds. The van der Waals surface area contributed by atoms with E-state index in [4.69, 9.17) is 9.47 Å². The van der Waals surface area contributed by atoms with Gasteiger partial charge in [-0.05, 0) is 76.3 Å². The van der Waals surface area contributed by atoms with Crippen molar-refractivity contribution in [1.82, 2.24) is 24.8 Å². The number of aryl methyl sites for hydroxylation is 2. The zero-order valence-electron chi connectivity index (χ0n) is 32.2. The molecule has 0 spiro atoms. The van der Waals surface area contributed by atoms with Crippen molar-refractivity contribution < 1.29 is 23.4 Å². The number of unbranched alkanes of at least 4 members (excludes halogenated alkanes) is 3. The van der Waals surface area contributed by atoms with E-state index >= 15 is 0 Å². The van der Waals surface area contributed by atoms with E-state index in [0.29, 0.717) is 47.5 Å². The first-order chi connectivity index (χ1) is 25.3. The number of ether oxygens (including phenoxy) is 2. The molecule has 53 heavy (non-hydrogen) atoms. The molecule has 2 atom stereocenters. The van der Waals surface area contributed by atoms with E-state index in [-0.39, 0.29) is 41.5 Å². The van der Waals surface area contributed by atoms with Gasteiger partial charge in [0.05, 0.1) is 35.7 Å². The molecule has 2 aromatic heterocycles. The highest BCUT2D eigenvalue weighted by Gasteiger charge is 2.31. The molecule has 3 N–H and O–H groups in total. The predicted molar refractivity (Wildman–Crippen MR) is 212 cm³/mol. The molecule has 0 saturated carbocycles. The normalized spacial score (nSPS) is 17.2. The topological polar surface area (TPSA) is 143 Å². The number of anilines is 1. The molecule has 12 heteroatoms. The van der Waals surface area contributed by atoms with Gasteiger partial charge in [0.15, 0.2) is 5.75 Å². The van der Waals surface area contributed by atoms with E-state index in [0.717, 1.165) is 42.4 Å². The van der Waals surface area contributed by atoms with Crippen molar-refractivity contribution in [3.8, 4) is 22.9 Å². The molecule has 2 unspecified atom stereocenters. The fourth-order valence-corrected chi connectivity index (χ4v) is 7.87. The second kappa shape index (κ2) is 18.2. The Morgan fingerprint density at radius 2 is 1.62 bits per heavy atom. The zero-order chi connectivity index (χ0) is 38.1. The van der Waals surface area contributed by atoms with Gasteiger partial charge in [0, 0.05) is 42.1 Å². The van der Waals surface area contributed by atoms with E-state index < -0.39 is 10.8 Å². The Balaban J connectivity index is 1.50. The third-order valence-corrected chi connectivity index (χ3v) is 10.9. The molecule has 0 aliphatic carbocycles. The first-order valence-corrected chi connectivity index (χ1v) is 20.4. The minimum Gasteiger partial charge on any atom is -0.488 e. The van der Waals surface area contributed by atoms with Gasteiger partial charge in [0.1, 0.15) is 5.82 Å². The maximum atomic E-state index is 14.7. The molecule has 5 rings (SSSR count). The van der Waals surface area contributed by atoms with E-state index in [1.54, 1.807) is 42.7 Å². The lowest BCUT2D eigenvalue weighted by molar-refractivity contribution is 0.0538. The monoisotopic (exact) mass is 744 g/mol. The van der Waals surface area contributed by atoms with Crippen LogP contribution in [0.3, 0.4) is 0 Å². The number of carbonyl (C=O) groups excluding carboxylic acids is 1. The summed E-state index contributed by atoms with van der Waals surface area (Å²) < 4.78 is 37.8. The van der Waals surface area contributed by atoms with Crippen LogP contribution in [-0.4, -0.2) is 64.6 Å². The Morgan fingerprint density at radius 1 is 0.943 bits per heavy atom. The van der Waals surface area contributed by atoms with Crippen LogP contribution in [-0.2, 0) is 6.42 Å². The molecule has 4 aromatic rings. The zero-order valence-corrected chi connectivity index (χ0v) is 33.0.